The Morgan fingerprint density at radius 3 is 2.08 bits per heavy atom. The van der Waals surface area contributed by atoms with Crippen LogP contribution < -0.4 is 4.90 Å². The topological polar surface area (TPSA) is 29.3 Å². The van der Waals surface area contributed by atoms with E-state index in [1.807, 2.05) is 24.3 Å². The fourth-order valence-corrected chi connectivity index (χ4v) is 4.66. The number of nitrogens with zero attached hydrogens (tertiary/aromatic N) is 2. The highest BCUT2D eigenvalue weighted by molar-refractivity contribution is 6.10. The van der Waals surface area contributed by atoms with Crippen LogP contribution in [-0.2, 0) is 0 Å². The van der Waals surface area contributed by atoms with Gasteiger partial charge in [0.1, 0.15) is 5.52 Å². The molecular formula is C31H30F2N2O. The van der Waals surface area contributed by atoms with Crippen LogP contribution in [-0.4, -0.2) is 18.1 Å². The minimum atomic E-state index is -0.924. The van der Waals surface area contributed by atoms with Gasteiger partial charge in [0.05, 0.1) is 0 Å². The Kier molecular flexibility index (Phi) is 6.99. The highest BCUT2D eigenvalue weighted by Crippen LogP contribution is 2.37. The van der Waals surface area contributed by atoms with Gasteiger partial charge in [-0.2, -0.15) is 0 Å². The Morgan fingerprint density at radius 1 is 0.750 bits per heavy atom. The molecule has 1 aromatic heterocycles. The molecule has 0 bridgehead atoms. The largest absolute Gasteiger partial charge is 0.435 e. The van der Waals surface area contributed by atoms with Crippen molar-refractivity contribution in [2.75, 3.05) is 18.0 Å². The summed E-state index contributed by atoms with van der Waals surface area (Å²) in [6.45, 7) is 6.58. The number of unbranched alkanes of at least 4 members (excludes halogenated alkanes) is 2. The van der Waals surface area contributed by atoms with Crippen molar-refractivity contribution in [1.82, 2.24) is 4.98 Å². The SMILES string of the molecule is CCCCN(CCCC)c1ccc(-c2cc3nc(-c4ccc(F)c(F)c4)oc3c3ccccc23)cc1. The van der Waals surface area contributed by atoms with Gasteiger partial charge in [0.2, 0.25) is 5.89 Å². The predicted octanol–water partition coefficient (Wildman–Crippen LogP) is 9.00. The third kappa shape index (κ3) is 4.70. The monoisotopic (exact) mass is 484 g/mol. The summed E-state index contributed by atoms with van der Waals surface area (Å²) in [5, 5.41) is 1.99. The highest BCUT2D eigenvalue weighted by atomic mass is 19.2. The summed E-state index contributed by atoms with van der Waals surface area (Å²) in [5.74, 6) is -1.55. The van der Waals surface area contributed by atoms with Crippen molar-refractivity contribution < 1.29 is 13.2 Å². The molecule has 0 aliphatic carbocycles. The Morgan fingerprint density at radius 2 is 1.42 bits per heavy atom. The van der Waals surface area contributed by atoms with Gasteiger partial charge in [-0.15, -0.1) is 0 Å². The van der Waals surface area contributed by atoms with E-state index in [4.69, 9.17) is 4.42 Å². The molecule has 36 heavy (non-hydrogen) atoms. The van der Waals surface area contributed by atoms with Crippen LogP contribution in [0.5, 0.6) is 0 Å². The number of oxazole rings is 1. The molecule has 0 unspecified atom stereocenters. The maximum absolute atomic E-state index is 13.8. The zero-order chi connectivity index (χ0) is 25.1. The van der Waals surface area contributed by atoms with E-state index in [1.165, 1.54) is 37.4 Å². The molecule has 0 N–H and O–H groups in total. The molecule has 5 rings (SSSR count). The van der Waals surface area contributed by atoms with Crippen LogP contribution in [0.4, 0.5) is 14.5 Å². The number of hydrogen-bond acceptors (Lipinski definition) is 3. The van der Waals surface area contributed by atoms with E-state index < -0.39 is 11.6 Å². The predicted molar refractivity (Wildman–Crippen MR) is 144 cm³/mol. The number of rotatable bonds is 9. The van der Waals surface area contributed by atoms with Crippen LogP contribution in [0.25, 0.3) is 44.5 Å². The zero-order valence-electron chi connectivity index (χ0n) is 20.7. The van der Waals surface area contributed by atoms with Gasteiger partial charge in [-0.05, 0) is 65.8 Å². The van der Waals surface area contributed by atoms with Crippen molar-refractivity contribution >= 4 is 27.6 Å². The molecular weight excluding hydrogens is 454 g/mol. The van der Waals surface area contributed by atoms with E-state index in [9.17, 15) is 8.78 Å². The molecule has 0 amide bonds. The molecule has 0 fully saturated rings. The second kappa shape index (κ2) is 10.5. The molecule has 0 aliphatic heterocycles. The maximum atomic E-state index is 13.8. The average Bonchev–Trinajstić information content (AvgIpc) is 3.35. The van der Waals surface area contributed by atoms with E-state index in [0.717, 1.165) is 47.1 Å². The Labute approximate surface area is 210 Å². The first-order chi connectivity index (χ1) is 17.6. The first kappa shape index (κ1) is 24.0. The molecule has 0 saturated heterocycles. The van der Waals surface area contributed by atoms with Crippen LogP contribution >= 0.6 is 0 Å². The first-order valence-electron chi connectivity index (χ1n) is 12.7. The van der Waals surface area contributed by atoms with E-state index >= 15 is 0 Å². The second-order valence-corrected chi connectivity index (χ2v) is 9.21. The van der Waals surface area contributed by atoms with Crippen molar-refractivity contribution in [3.05, 3.63) is 84.4 Å². The lowest BCUT2D eigenvalue weighted by Crippen LogP contribution is -2.25. The molecule has 5 heteroatoms. The Bertz CT molecular complexity index is 1480. The van der Waals surface area contributed by atoms with Gasteiger partial charge >= 0.3 is 0 Å². The third-order valence-corrected chi connectivity index (χ3v) is 6.67. The molecule has 5 aromatic rings. The van der Waals surface area contributed by atoms with Gasteiger partial charge in [-0.25, -0.2) is 13.8 Å². The maximum Gasteiger partial charge on any atom is 0.227 e. The van der Waals surface area contributed by atoms with E-state index in [-0.39, 0.29) is 5.89 Å². The quantitative estimate of drug-likeness (QED) is 0.209. The summed E-state index contributed by atoms with van der Waals surface area (Å²) in [6.07, 6.45) is 4.71. The molecule has 4 aromatic carbocycles. The summed E-state index contributed by atoms with van der Waals surface area (Å²) in [4.78, 5) is 7.12. The zero-order valence-corrected chi connectivity index (χ0v) is 20.7. The Balaban J connectivity index is 1.56. The van der Waals surface area contributed by atoms with Gasteiger partial charge in [0, 0.05) is 29.7 Å². The molecule has 0 atom stereocenters. The highest BCUT2D eigenvalue weighted by Gasteiger charge is 2.16. The fourth-order valence-electron chi connectivity index (χ4n) is 4.66. The van der Waals surface area contributed by atoms with Crippen molar-refractivity contribution in [2.45, 2.75) is 39.5 Å². The average molecular weight is 485 g/mol. The number of benzene rings is 4. The van der Waals surface area contributed by atoms with Gasteiger partial charge in [-0.1, -0.05) is 63.1 Å². The van der Waals surface area contributed by atoms with E-state index in [0.29, 0.717) is 16.7 Å². The van der Waals surface area contributed by atoms with Crippen molar-refractivity contribution in [1.29, 1.82) is 0 Å². The number of anilines is 1. The minimum Gasteiger partial charge on any atom is -0.435 e. The molecule has 0 spiro atoms. The summed E-state index contributed by atoms with van der Waals surface area (Å²) in [5.41, 5.74) is 5.12. The summed E-state index contributed by atoms with van der Waals surface area (Å²) in [6, 6.07) is 22.5. The van der Waals surface area contributed by atoms with E-state index in [1.54, 1.807) is 0 Å². The molecule has 0 aliphatic rings. The third-order valence-electron chi connectivity index (χ3n) is 6.67. The summed E-state index contributed by atoms with van der Waals surface area (Å²) >= 11 is 0. The molecule has 3 nitrogen and oxygen atoms in total. The molecule has 0 saturated carbocycles. The van der Waals surface area contributed by atoms with Crippen LogP contribution in [0.1, 0.15) is 39.5 Å². The lowest BCUT2D eigenvalue weighted by molar-refractivity contribution is 0.508. The first-order valence-corrected chi connectivity index (χ1v) is 12.7. The van der Waals surface area contributed by atoms with Crippen molar-refractivity contribution in [3.8, 4) is 22.6 Å². The molecule has 1 heterocycles. The van der Waals surface area contributed by atoms with Gasteiger partial charge in [0.25, 0.3) is 0 Å². The standard InChI is InChI=1S/C31H30F2N2O/c1-3-5-17-35(18-6-4-2)23-14-11-21(12-15-23)26-20-29-30(25-10-8-7-9-24(25)26)36-31(34-29)22-13-16-27(32)28(33)19-22/h7-16,19-20H,3-6,17-18H2,1-2H3. The summed E-state index contributed by atoms with van der Waals surface area (Å²) < 4.78 is 33.3. The van der Waals surface area contributed by atoms with E-state index in [2.05, 4.69) is 54.1 Å². The number of fused-ring (bicyclic) bond motifs is 3. The smallest absolute Gasteiger partial charge is 0.227 e. The van der Waals surface area contributed by atoms with Gasteiger partial charge in [-0.3, -0.25) is 0 Å². The van der Waals surface area contributed by atoms with Crippen LogP contribution in [0, 0.1) is 11.6 Å². The molecule has 184 valence electrons. The molecule has 0 radical (unpaired) electrons. The fraction of sp³-hybridized carbons (Fsp3) is 0.258. The number of aromatic nitrogens is 1. The summed E-state index contributed by atoms with van der Waals surface area (Å²) in [7, 11) is 0. The second-order valence-electron chi connectivity index (χ2n) is 9.21. The van der Waals surface area contributed by atoms with Crippen molar-refractivity contribution in [3.63, 3.8) is 0 Å². The van der Waals surface area contributed by atoms with Crippen LogP contribution in [0.3, 0.4) is 0 Å². The minimum absolute atomic E-state index is 0.268. The normalized spacial score (nSPS) is 11.4. The lowest BCUT2D eigenvalue weighted by Gasteiger charge is -2.25. The Hall–Kier alpha value is -3.73. The van der Waals surface area contributed by atoms with Gasteiger partial charge in [0.15, 0.2) is 17.2 Å². The number of hydrogen-bond donors (Lipinski definition) is 0. The van der Waals surface area contributed by atoms with Crippen molar-refractivity contribution in [2.24, 2.45) is 0 Å². The number of halogens is 2. The van der Waals surface area contributed by atoms with Gasteiger partial charge < -0.3 is 9.32 Å². The van der Waals surface area contributed by atoms with Crippen LogP contribution in [0.15, 0.2) is 77.2 Å². The lowest BCUT2D eigenvalue weighted by atomic mass is 9.97. The van der Waals surface area contributed by atoms with Crippen LogP contribution in [0.2, 0.25) is 0 Å².